The average Bonchev–Trinajstić information content (AvgIpc) is 2.32. The largest absolute Gasteiger partial charge is 0.324 e. The van der Waals surface area contributed by atoms with E-state index in [0.29, 0.717) is 0 Å². The molecule has 0 saturated heterocycles. The molecule has 0 aliphatic heterocycles. The predicted molar refractivity (Wildman–Crippen MR) is 74.0 cm³/mol. The third-order valence-electron chi connectivity index (χ3n) is 3.27. The van der Waals surface area contributed by atoms with Gasteiger partial charge in [0.1, 0.15) is 0 Å². The molecule has 0 bridgehead atoms. The lowest BCUT2D eigenvalue weighted by Crippen LogP contribution is -2.06. The molecule has 1 nitrogen and oxygen atoms in total. The Balaban J connectivity index is 2.56. The molecule has 2 rings (SSSR count). The lowest BCUT2D eigenvalue weighted by Gasteiger charge is -2.13. The molecule has 1 unspecified atom stereocenters. The minimum absolute atomic E-state index is 0.0628. The van der Waals surface area contributed by atoms with Crippen LogP contribution in [0.1, 0.15) is 29.7 Å². The van der Waals surface area contributed by atoms with Gasteiger partial charge in [-0.1, -0.05) is 42.5 Å². The summed E-state index contributed by atoms with van der Waals surface area (Å²) in [6, 6.07) is 15.0. The van der Waals surface area contributed by atoms with Gasteiger partial charge in [0.2, 0.25) is 0 Å². The fourth-order valence-corrected chi connectivity index (χ4v) is 2.07. The fraction of sp³-hybridized carbons (Fsp3) is 0.250. The molecular formula is C16H19N. The first kappa shape index (κ1) is 11.9. The third kappa shape index (κ3) is 2.40. The smallest absolute Gasteiger partial charge is 0.0272 e. The normalized spacial score (nSPS) is 12.5. The van der Waals surface area contributed by atoms with Crippen LogP contribution in [0.4, 0.5) is 0 Å². The summed E-state index contributed by atoms with van der Waals surface area (Å²) in [5.41, 5.74) is 12.4. The van der Waals surface area contributed by atoms with Crippen LogP contribution < -0.4 is 5.73 Å². The van der Waals surface area contributed by atoms with Gasteiger partial charge in [0.25, 0.3) is 0 Å². The second-order valence-electron chi connectivity index (χ2n) is 4.67. The van der Waals surface area contributed by atoms with Crippen molar-refractivity contribution in [3.05, 3.63) is 59.2 Å². The topological polar surface area (TPSA) is 26.0 Å². The van der Waals surface area contributed by atoms with Crippen molar-refractivity contribution in [3.8, 4) is 11.1 Å². The zero-order chi connectivity index (χ0) is 12.4. The summed E-state index contributed by atoms with van der Waals surface area (Å²) in [5, 5.41) is 0. The SMILES string of the molecule is Cc1ccc(-c2ccccc2C(C)N)cc1C. The summed E-state index contributed by atoms with van der Waals surface area (Å²) < 4.78 is 0. The van der Waals surface area contributed by atoms with Crippen molar-refractivity contribution in [2.24, 2.45) is 5.73 Å². The summed E-state index contributed by atoms with van der Waals surface area (Å²) in [7, 11) is 0. The molecule has 1 atom stereocenters. The van der Waals surface area contributed by atoms with Gasteiger partial charge in [0.15, 0.2) is 0 Å². The highest BCUT2D eigenvalue weighted by molar-refractivity contribution is 5.69. The van der Waals surface area contributed by atoms with Crippen LogP contribution in [0.15, 0.2) is 42.5 Å². The van der Waals surface area contributed by atoms with Gasteiger partial charge in [0, 0.05) is 6.04 Å². The first-order valence-corrected chi connectivity index (χ1v) is 6.01. The van der Waals surface area contributed by atoms with Gasteiger partial charge >= 0.3 is 0 Å². The van der Waals surface area contributed by atoms with E-state index in [0.717, 1.165) is 0 Å². The molecule has 17 heavy (non-hydrogen) atoms. The van der Waals surface area contributed by atoms with Gasteiger partial charge < -0.3 is 5.73 Å². The number of aryl methyl sites for hydroxylation is 2. The Morgan fingerprint density at radius 3 is 2.29 bits per heavy atom. The fourth-order valence-electron chi connectivity index (χ4n) is 2.07. The third-order valence-corrected chi connectivity index (χ3v) is 3.27. The Morgan fingerprint density at radius 1 is 0.941 bits per heavy atom. The maximum Gasteiger partial charge on any atom is 0.0272 e. The predicted octanol–water partition coefficient (Wildman–Crippen LogP) is 3.99. The van der Waals surface area contributed by atoms with Crippen molar-refractivity contribution in [1.82, 2.24) is 0 Å². The van der Waals surface area contributed by atoms with Crippen LogP contribution in [-0.2, 0) is 0 Å². The lowest BCUT2D eigenvalue weighted by atomic mass is 9.94. The molecule has 0 aliphatic carbocycles. The number of nitrogens with two attached hydrogens (primary N) is 1. The van der Waals surface area contributed by atoms with Crippen LogP contribution in [0.2, 0.25) is 0 Å². The molecular weight excluding hydrogens is 206 g/mol. The van der Waals surface area contributed by atoms with E-state index in [2.05, 4.69) is 50.2 Å². The minimum Gasteiger partial charge on any atom is -0.324 e. The van der Waals surface area contributed by atoms with E-state index in [1.54, 1.807) is 0 Å². The van der Waals surface area contributed by atoms with Crippen LogP contribution in [0.3, 0.4) is 0 Å². The molecule has 0 aromatic heterocycles. The number of hydrogen-bond acceptors (Lipinski definition) is 1. The Bertz CT molecular complexity index is 527. The number of hydrogen-bond donors (Lipinski definition) is 1. The molecule has 0 fully saturated rings. The maximum absolute atomic E-state index is 6.02. The number of benzene rings is 2. The van der Waals surface area contributed by atoms with Crippen LogP contribution in [-0.4, -0.2) is 0 Å². The van der Waals surface area contributed by atoms with Crippen molar-refractivity contribution in [2.75, 3.05) is 0 Å². The van der Waals surface area contributed by atoms with Crippen molar-refractivity contribution in [3.63, 3.8) is 0 Å². The average molecular weight is 225 g/mol. The molecule has 0 saturated carbocycles. The maximum atomic E-state index is 6.02. The molecule has 0 spiro atoms. The second kappa shape index (κ2) is 4.72. The zero-order valence-electron chi connectivity index (χ0n) is 10.7. The van der Waals surface area contributed by atoms with E-state index < -0.39 is 0 Å². The Morgan fingerprint density at radius 2 is 1.65 bits per heavy atom. The second-order valence-corrected chi connectivity index (χ2v) is 4.67. The van der Waals surface area contributed by atoms with Crippen molar-refractivity contribution in [2.45, 2.75) is 26.8 Å². The molecule has 2 aromatic rings. The van der Waals surface area contributed by atoms with E-state index in [9.17, 15) is 0 Å². The van der Waals surface area contributed by atoms with Gasteiger partial charge in [-0.25, -0.2) is 0 Å². The lowest BCUT2D eigenvalue weighted by molar-refractivity contribution is 0.820. The molecule has 0 aliphatic rings. The Hall–Kier alpha value is -1.60. The molecule has 0 radical (unpaired) electrons. The van der Waals surface area contributed by atoms with Crippen molar-refractivity contribution in [1.29, 1.82) is 0 Å². The minimum atomic E-state index is 0.0628. The van der Waals surface area contributed by atoms with Gasteiger partial charge in [-0.05, 0) is 48.6 Å². The van der Waals surface area contributed by atoms with Crippen LogP contribution >= 0.6 is 0 Å². The number of rotatable bonds is 2. The summed E-state index contributed by atoms with van der Waals surface area (Å²) in [6.45, 7) is 6.31. The van der Waals surface area contributed by atoms with E-state index in [1.807, 2.05) is 13.0 Å². The zero-order valence-corrected chi connectivity index (χ0v) is 10.7. The molecule has 2 aromatic carbocycles. The van der Waals surface area contributed by atoms with E-state index in [-0.39, 0.29) is 6.04 Å². The quantitative estimate of drug-likeness (QED) is 0.821. The molecule has 0 heterocycles. The highest BCUT2D eigenvalue weighted by Crippen LogP contribution is 2.28. The summed E-state index contributed by atoms with van der Waals surface area (Å²) in [4.78, 5) is 0. The van der Waals surface area contributed by atoms with E-state index in [1.165, 1.54) is 27.8 Å². The van der Waals surface area contributed by atoms with Gasteiger partial charge in [-0.2, -0.15) is 0 Å². The highest BCUT2D eigenvalue weighted by atomic mass is 14.6. The first-order valence-electron chi connectivity index (χ1n) is 6.01. The molecule has 1 heteroatoms. The summed E-state index contributed by atoms with van der Waals surface area (Å²) >= 11 is 0. The van der Waals surface area contributed by atoms with Crippen LogP contribution in [0, 0.1) is 13.8 Å². The highest BCUT2D eigenvalue weighted by Gasteiger charge is 2.08. The summed E-state index contributed by atoms with van der Waals surface area (Å²) in [6.07, 6.45) is 0. The van der Waals surface area contributed by atoms with E-state index in [4.69, 9.17) is 5.73 Å². The molecule has 88 valence electrons. The summed E-state index contributed by atoms with van der Waals surface area (Å²) in [5.74, 6) is 0. The van der Waals surface area contributed by atoms with E-state index >= 15 is 0 Å². The van der Waals surface area contributed by atoms with Crippen LogP contribution in [0.25, 0.3) is 11.1 Å². The van der Waals surface area contributed by atoms with Gasteiger partial charge in [-0.3, -0.25) is 0 Å². The molecule has 2 N–H and O–H groups in total. The van der Waals surface area contributed by atoms with Crippen molar-refractivity contribution < 1.29 is 0 Å². The van der Waals surface area contributed by atoms with Crippen molar-refractivity contribution >= 4 is 0 Å². The Labute approximate surface area is 103 Å². The van der Waals surface area contributed by atoms with Crippen LogP contribution in [0.5, 0.6) is 0 Å². The standard InChI is InChI=1S/C16H19N/c1-11-8-9-14(10-12(11)2)16-7-5-4-6-15(16)13(3)17/h4-10,13H,17H2,1-3H3. The first-order chi connectivity index (χ1) is 8.09. The van der Waals surface area contributed by atoms with Gasteiger partial charge in [0.05, 0.1) is 0 Å². The molecule has 0 amide bonds. The Kier molecular flexibility index (Phi) is 3.30. The monoisotopic (exact) mass is 225 g/mol. The van der Waals surface area contributed by atoms with Gasteiger partial charge in [-0.15, -0.1) is 0 Å².